The fourth-order valence-corrected chi connectivity index (χ4v) is 5.51. The maximum Gasteiger partial charge on any atom is 0.241 e. The SMILES string of the molecule is CC(=O)C1=NN(c2ccc(C)cc2)[C@@]2(S1)SC(C(C)=O)=C(C)N2C. The van der Waals surface area contributed by atoms with E-state index in [1.807, 2.05) is 55.1 Å². The fourth-order valence-electron chi connectivity index (χ4n) is 2.63. The van der Waals surface area contributed by atoms with Crippen LogP contribution in [0.5, 0.6) is 0 Å². The van der Waals surface area contributed by atoms with E-state index in [9.17, 15) is 9.59 Å². The van der Waals surface area contributed by atoms with Crippen molar-refractivity contribution in [2.24, 2.45) is 5.10 Å². The zero-order valence-electron chi connectivity index (χ0n) is 14.3. The zero-order valence-corrected chi connectivity index (χ0v) is 15.9. The molecule has 5 nitrogen and oxygen atoms in total. The van der Waals surface area contributed by atoms with Crippen molar-refractivity contribution in [2.75, 3.05) is 12.1 Å². The number of hydrogen-bond acceptors (Lipinski definition) is 7. The summed E-state index contributed by atoms with van der Waals surface area (Å²) in [4.78, 5) is 26.7. The van der Waals surface area contributed by atoms with Gasteiger partial charge < -0.3 is 4.90 Å². The molecule has 24 heavy (non-hydrogen) atoms. The minimum atomic E-state index is -0.679. The minimum Gasteiger partial charge on any atom is -0.335 e. The molecular formula is C17H19N3O2S2. The first-order valence-corrected chi connectivity index (χ1v) is 9.19. The van der Waals surface area contributed by atoms with E-state index >= 15 is 0 Å². The van der Waals surface area contributed by atoms with Crippen LogP contribution in [0.4, 0.5) is 5.69 Å². The Labute approximate surface area is 150 Å². The van der Waals surface area contributed by atoms with Crippen LogP contribution in [0, 0.1) is 6.92 Å². The third-order valence-corrected chi connectivity index (χ3v) is 7.35. The van der Waals surface area contributed by atoms with E-state index in [0.29, 0.717) is 9.95 Å². The minimum absolute atomic E-state index is 0.0296. The number of aryl methyl sites for hydroxylation is 1. The Morgan fingerprint density at radius 1 is 1.04 bits per heavy atom. The smallest absolute Gasteiger partial charge is 0.241 e. The summed E-state index contributed by atoms with van der Waals surface area (Å²) in [6.07, 6.45) is 0. The molecule has 1 spiro atoms. The number of benzene rings is 1. The summed E-state index contributed by atoms with van der Waals surface area (Å²) in [5.74, 6) is -0.0427. The molecule has 0 amide bonds. The molecule has 2 aliphatic heterocycles. The lowest BCUT2D eigenvalue weighted by Gasteiger charge is -2.39. The molecule has 0 fully saturated rings. The van der Waals surface area contributed by atoms with Gasteiger partial charge in [0.1, 0.15) is 0 Å². The Kier molecular flexibility index (Phi) is 4.25. The van der Waals surface area contributed by atoms with Crippen LogP contribution in [0.2, 0.25) is 0 Å². The van der Waals surface area contributed by atoms with Gasteiger partial charge in [0.2, 0.25) is 4.33 Å². The Bertz CT molecular complexity index is 786. The average Bonchev–Trinajstić information content (AvgIpc) is 3.03. The van der Waals surface area contributed by atoms with Crippen molar-refractivity contribution in [1.82, 2.24) is 4.90 Å². The molecule has 126 valence electrons. The zero-order chi connectivity index (χ0) is 17.6. The number of hydrogen-bond donors (Lipinski definition) is 0. The monoisotopic (exact) mass is 361 g/mol. The van der Waals surface area contributed by atoms with Crippen molar-refractivity contribution in [3.8, 4) is 0 Å². The van der Waals surface area contributed by atoms with Crippen LogP contribution in [-0.4, -0.2) is 32.9 Å². The van der Waals surface area contributed by atoms with Gasteiger partial charge in [0.15, 0.2) is 16.6 Å². The van der Waals surface area contributed by atoms with Gasteiger partial charge in [-0.2, -0.15) is 5.10 Å². The molecule has 0 unspecified atom stereocenters. The number of Topliss-reactive ketones (excluding diaryl/α,β-unsaturated/α-hetero) is 2. The van der Waals surface area contributed by atoms with Crippen LogP contribution in [0.15, 0.2) is 40.0 Å². The molecule has 0 radical (unpaired) electrons. The van der Waals surface area contributed by atoms with Gasteiger partial charge in [-0.25, -0.2) is 5.01 Å². The highest BCUT2D eigenvalue weighted by atomic mass is 32.2. The number of nitrogens with zero attached hydrogens (tertiary/aromatic N) is 3. The number of allylic oxidation sites excluding steroid dienone is 2. The lowest BCUT2D eigenvalue weighted by Crippen LogP contribution is -2.47. The van der Waals surface area contributed by atoms with Gasteiger partial charge in [0.05, 0.1) is 10.6 Å². The van der Waals surface area contributed by atoms with Crippen molar-refractivity contribution in [3.63, 3.8) is 0 Å². The van der Waals surface area contributed by atoms with Crippen molar-refractivity contribution in [3.05, 3.63) is 40.4 Å². The second-order valence-corrected chi connectivity index (χ2v) is 8.49. The Morgan fingerprint density at radius 2 is 1.67 bits per heavy atom. The standard InChI is InChI=1S/C17H19N3O2S2/c1-10-6-8-14(9-7-10)20-17(24-16(18-20)13(4)22)19(5)11(2)15(23-17)12(3)21/h6-9H,1-5H3/t17-/m1/s1. The molecule has 0 aromatic heterocycles. The Hall–Kier alpha value is -1.73. The second-order valence-electron chi connectivity index (χ2n) is 5.89. The third kappa shape index (κ3) is 2.56. The first kappa shape index (κ1) is 17.1. The number of carbonyl (C=O) groups excluding carboxylic acids is 2. The molecular weight excluding hydrogens is 342 g/mol. The molecule has 7 heteroatoms. The number of thioether (sulfide) groups is 2. The summed E-state index contributed by atoms with van der Waals surface area (Å²) in [5.41, 5.74) is 2.94. The molecule has 3 rings (SSSR count). The molecule has 1 aromatic carbocycles. The van der Waals surface area contributed by atoms with Crippen LogP contribution < -0.4 is 5.01 Å². The van der Waals surface area contributed by atoms with Gasteiger partial charge in [0, 0.05) is 19.7 Å². The quantitative estimate of drug-likeness (QED) is 0.820. The average molecular weight is 361 g/mol. The third-order valence-electron chi connectivity index (χ3n) is 4.08. The lowest BCUT2D eigenvalue weighted by molar-refractivity contribution is -0.113. The largest absolute Gasteiger partial charge is 0.335 e. The topological polar surface area (TPSA) is 53.0 Å². The molecule has 0 aliphatic carbocycles. The Balaban J connectivity index is 2.08. The highest BCUT2D eigenvalue weighted by molar-refractivity contribution is 8.28. The van der Waals surface area contributed by atoms with Crippen molar-refractivity contribution in [2.45, 2.75) is 32.0 Å². The molecule has 0 saturated heterocycles. The van der Waals surface area contributed by atoms with Crippen LogP contribution in [0.25, 0.3) is 0 Å². The van der Waals surface area contributed by atoms with E-state index in [4.69, 9.17) is 0 Å². The summed E-state index contributed by atoms with van der Waals surface area (Å²) in [6, 6.07) is 8.00. The maximum atomic E-state index is 12.0. The number of anilines is 1. The van der Waals surface area contributed by atoms with Gasteiger partial charge in [-0.05, 0) is 44.7 Å². The molecule has 1 atom stereocenters. The van der Waals surface area contributed by atoms with E-state index in [-0.39, 0.29) is 11.6 Å². The number of hydrazone groups is 1. The van der Waals surface area contributed by atoms with Crippen LogP contribution in [0.3, 0.4) is 0 Å². The van der Waals surface area contributed by atoms with E-state index in [1.165, 1.54) is 30.4 Å². The normalized spacial score (nSPS) is 23.3. The number of carbonyl (C=O) groups is 2. The maximum absolute atomic E-state index is 12.0. The number of ketones is 2. The predicted octanol–water partition coefficient (Wildman–Crippen LogP) is 3.56. The molecule has 0 saturated carbocycles. The summed E-state index contributed by atoms with van der Waals surface area (Å²) < 4.78 is -0.679. The van der Waals surface area contributed by atoms with Crippen molar-refractivity contribution >= 4 is 45.8 Å². The first-order valence-electron chi connectivity index (χ1n) is 7.56. The fraction of sp³-hybridized carbons (Fsp3) is 0.353. The van der Waals surface area contributed by atoms with E-state index < -0.39 is 4.33 Å². The van der Waals surface area contributed by atoms with Crippen LogP contribution >= 0.6 is 23.5 Å². The van der Waals surface area contributed by atoms with Crippen molar-refractivity contribution < 1.29 is 9.59 Å². The Morgan fingerprint density at radius 3 is 2.17 bits per heavy atom. The molecule has 0 N–H and O–H groups in total. The van der Waals surface area contributed by atoms with E-state index in [1.54, 1.807) is 6.92 Å². The lowest BCUT2D eigenvalue weighted by atomic mass is 10.2. The first-order chi connectivity index (χ1) is 11.3. The summed E-state index contributed by atoms with van der Waals surface area (Å²) >= 11 is 2.84. The van der Waals surface area contributed by atoms with E-state index in [0.717, 1.165) is 16.9 Å². The molecule has 1 aromatic rings. The highest BCUT2D eigenvalue weighted by Crippen LogP contribution is 2.58. The van der Waals surface area contributed by atoms with E-state index in [2.05, 4.69) is 5.10 Å². The van der Waals surface area contributed by atoms with Gasteiger partial charge in [0.25, 0.3) is 0 Å². The van der Waals surface area contributed by atoms with Crippen LogP contribution in [0.1, 0.15) is 26.3 Å². The molecule has 0 bridgehead atoms. The van der Waals surface area contributed by atoms with Gasteiger partial charge >= 0.3 is 0 Å². The molecule has 2 heterocycles. The summed E-state index contributed by atoms with van der Waals surface area (Å²) in [5, 5.41) is 6.86. The van der Waals surface area contributed by atoms with Crippen LogP contribution in [-0.2, 0) is 9.59 Å². The van der Waals surface area contributed by atoms with Crippen molar-refractivity contribution in [1.29, 1.82) is 0 Å². The highest BCUT2D eigenvalue weighted by Gasteiger charge is 2.55. The van der Waals surface area contributed by atoms with Gasteiger partial charge in [-0.15, -0.1) is 0 Å². The number of rotatable bonds is 3. The summed E-state index contributed by atoms with van der Waals surface area (Å²) in [6.45, 7) is 7.04. The second kappa shape index (κ2) is 5.97. The van der Waals surface area contributed by atoms with Gasteiger partial charge in [-0.1, -0.05) is 29.5 Å². The molecule has 2 aliphatic rings. The van der Waals surface area contributed by atoms with Gasteiger partial charge in [-0.3, -0.25) is 9.59 Å². The summed E-state index contributed by atoms with van der Waals surface area (Å²) in [7, 11) is 1.94. The predicted molar refractivity (Wildman–Crippen MR) is 101 cm³/mol.